The van der Waals surface area contributed by atoms with Crippen LogP contribution in [-0.4, -0.2) is 21.3 Å². The van der Waals surface area contributed by atoms with Crippen LogP contribution in [0.2, 0.25) is 0 Å². The Labute approximate surface area is 81.6 Å². The molecule has 0 aromatic heterocycles. The van der Waals surface area contributed by atoms with Gasteiger partial charge >= 0.3 is 5.97 Å². The fourth-order valence-corrected chi connectivity index (χ4v) is 1.20. The molecule has 0 amide bonds. The molecule has 0 saturated carbocycles. The van der Waals surface area contributed by atoms with E-state index in [4.69, 9.17) is 10.2 Å². The third kappa shape index (κ3) is 1.45. The summed E-state index contributed by atoms with van der Waals surface area (Å²) >= 11 is 1.66. The third-order valence-corrected chi connectivity index (χ3v) is 2.39. The average molecular weight is 280 g/mol. The number of carboxylic acid groups (broad SMARTS) is 1. The second-order valence-corrected chi connectivity index (χ2v) is 3.18. The Morgan fingerprint density at radius 1 is 1.33 bits per heavy atom. The highest BCUT2D eigenvalue weighted by Crippen LogP contribution is 2.31. The molecular formula is C7H5IO4. The molecule has 3 N–H and O–H groups in total. The first kappa shape index (κ1) is 9.11. The van der Waals surface area contributed by atoms with Crippen molar-refractivity contribution in [3.63, 3.8) is 0 Å². The van der Waals surface area contributed by atoms with Gasteiger partial charge in [0.1, 0.15) is 17.1 Å². The van der Waals surface area contributed by atoms with Crippen LogP contribution in [0.25, 0.3) is 0 Å². The first-order valence-electron chi connectivity index (χ1n) is 2.97. The molecule has 0 unspecified atom stereocenters. The minimum Gasteiger partial charge on any atom is -0.507 e. The second kappa shape index (κ2) is 3.18. The lowest BCUT2D eigenvalue weighted by Gasteiger charge is -2.02. The topological polar surface area (TPSA) is 77.8 Å². The summed E-state index contributed by atoms with van der Waals surface area (Å²) in [5.41, 5.74) is -0.211. The SMILES string of the molecule is O=C(O)c1ccc(O)c(I)c1O. The van der Waals surface area contributed by atoms with E-state index in [1.165, 1.54) is 6.07 Å². The molecule has 0 saturated heterocycles. The van der Waals surface area contributed by atoms with E-state index in [-0.39, 0.29) is 14.9 Å². The number of rotatable bonds is 1. The highest BCUT2D eigenvalue weighted by atomic mass is 127. The maximum Gasteiger partial charge on any atom is 0.339 e. The van der Waals surface area contributed by atoms with Gasteiger partial charge in [-0.05, 0) is 34.7 Å². The number of phenols is 2. The van der Waals surface area contributed by atoms with Gasteiger partial charge in [0.15, 0.2) is 0 Å². The summed E-state index contributed by atoms with van der Waals surface area (Å²) in [6.07, 6.45) is 0. The van der Waals surface area contributed by atoms with Gasteiger partial charge in [-0.1, -0.05) is 0 Å². The maximum atomic E-state index is 10.4. The van der Waals surface area contributed by atoms with Crippen LogP contribution < -0.4 is 0 Å². The molecule has 0 fully saturated rings. The molecule has 4 nitrogen and oxygen atoms in total. The van der Waals surface area contributed by atoms with Gasteiger partial charge in [0, 0.05) is 0 Å². The number of carboxylic acids is 1. The number of hydrogen-bond acceptors (Lipinski definition) is 3. The number of aromatic carboxylic acids is 1. The Kier molecular flexibility index (Phi) is 2.41. The van der Waals surface area contributed by atoms with Gasteiger partial charge in [-0.25, -0.2) is 4.79 Å². The van der Waals surface area contributed by atoms with Crippen LogP contribution in [0.1, 0.15) is 10.4 Å². The third-order valence-electron chi connectivity index (χ3n) is 1.33. The summed E-state index contributed by atoms with van der Waals surface area (Å²) in [6.45, 7) is 0. The van der Waals surface area contributed by atoms with Crippen LogP contribution >= 0.6 is 22.6 Å². The molecule has 0 bridgehead atoms. The molecule has 0 heterocycles. The molecule has 1 aromatic rings. The normalized spacial score (nSPS) is 9.75. The number of benzene rings is 1. The molecule has 5 heteroatoms. The molecule has 64 valence electrons. The standard InChI is InChI=1S/C7H5IO4/c8-5-4(9)2-1-3(6(5)10)7(11)12/h1-2,9-10H,(H,11,12). The molecular weight excluding hydrogens is 275 g/mol. The molecule has 0 aliphatic carbocycles. The van der Waals surface area contributed by atoms with Gasteiger partial charge in [-0.2, -0.15) is 0 Å². The van der Waals surface area contributed by atoms with Crippen molar-refractivity contribution in [1.29, 1.82) is 0 Å². The van der Waals surface area contributed by atoms with E-state index in [0.717, 1.165) is 6.07 Å². The zero-order valence-electron chi connectivity index (χ0n) is 5.78. The summed E-state index contributed by atoms with van der Waals surface area (Å²) in [6, 6.07) is 2.38. The first-order chi connectivity index (χ1) is 5.54. The monoisotopic (exact) mass is 280 g/mol. The largest absolute Gasteiger partial charge is 0.507 e. The van der Waals surface area contributed by atoms with Crippen LogP contribution in [0.15, 0.2) is 12.1 Å². The summed E-state index contributed by atoms with van der Waals surface area (Å²) in [7, 11) is 0. The van der Waals surface area contributed by atoms with Crippen LogP contribution in [0.3, 0.4) is 0 Å². The van der Waals surface area contributed by atoms with E-state index in [1.54, 1.807) is 22.6 Å². The van der Waals surface area contributed by atoms with Crippen LogP contribution in [0.5, 0.6) is 11.5 Å². The van der Waals surface area contributed by atoms with E-state index in [1.807, 2.05) is 0 Å². The molecule has 1 aromatic carbocycles. The first-order valence-corrected chi connectivity index (χ1v) is 4.05. The zero-order chi connectivity index (χ0) is 9.30. The highest BCUT2D eigenvalue weighted by Gasteiger charge is 2.14. The van der Waals surface area contributed by atoms with E-state index in [9.17, 15) is 9.90 Å². The number of aromatic hydroxyl groups is 2. The van der Waals surface area contributed by atoms with Gasteiger partial charge < -0.3 is 15.3 Å². The molecule has 12 heavy (non-hydrogen) atoms. The Hall–Kier alpha value is -0.980. The van der Waals surface area contributed by atoms with Crippen molar-refractivity contribution in [3.05, 3.63) is 21.3 Å². The highest BCUT2D eigenvalue weighted by molar-refractivity contribution is 14.1. The van der Waals surface area contributed by atoms with Crippen molar-refractivity contribution in [2.75, 3.05) is 0 Å². The lowest BCUT2D eigenvalue weighted by molar-refractivity contribution is 0.0693. The van der Waals surface area contributed by atoms with Crippen LogP contribution in [-0.2, 0) is 0 Å². The van der Waals surface area contributed by atoms with Crippen molar-refractivity contribution < 1.29 is 20.1 Å². The second-order valence-electron chi connectivity index (χ2n) is 2.10. The summed E-state index contributed by atoms with van der Waals surface area (Å²) < 4.78 is 0.146. The van der Waals surface area contributed by atoms with Gasteiger partial charge in [0.2, 0.25) is 0 Å². The molecule has 1 rings (SSSR count). The minimum absolute atomic E-state index is 0.127. The van der Waals surface area contributed by atoms with Crippen molar-refractivity contribution in [3.8, 4) is 11.5 Å². The maximum absolute atomic E-state index is 10.4. The summed E-state index contributed by atoms with van der Waals surface area (Å²) in [5, 5.41) is 26.8. The number of halogens is 1. The van der Waals surface area contributed by atoms with Gasteiger partial charge in [-0.15, -0.1) is 0 Å². The Morgan fingerprint density at radius 2 is 1.92 bits per heavy atom. The Bertz CT molecular complexity index is 334. The van der Waals surface area contributed by atoms with E-state index < -0.39 is 11.7 Å². The predicted molar refractivity (Wildman–Crippen MR) is 49.4 cm³/mol. The van der Waals surface area contributed by atoms with Crippen molar-refractivity contribution in [2.45, 2.75) is 0 Å². The smallest absolute Gasteiger partial charge is 0.339 e. The average Bonchev–Trinajstić information content (AvgIpc) is 2.00. The van der Waals surface area contributed by atoms with Gasteiger partial charge in [0.25, 0.3) is 0 Å². The predicted octanol–water partition coefficient (Wildman–Crippen LogP) is 1.40. The quantitative estimate of drug-likeness (QED) is 0.679. The van der Waals surface area contributed by atoms with Gasteiger partial charge in [-0.3, -0.25) is 0 Å². The summed E-state index contributed by atoms with van der Waals surface area (Å²) in [5.74, 6) is -1.74. The minimum atomic E-state index is -1.22. The molecule has 0 spiro atoms. The van der Waals surface area contributed by atoms with Gasteiger partial charge in [0.05, 0.1) is 3.57 Å². The Balaban J connectivity index is 3.36. The van der Waals surface area contributed by atoms with Crippen molar-refractivity contribution in [1.82, 2.24) is 0 Å². The lowest BCUT2D eigenvalue weighted by atomic mass is 10.2. The van der Waals surface area contributed by atoms with E-state index >= 15 is 0 Å². The fraction of sp³-hybridized carbons (Fsp3) is 0. The molecule has 0 aliphatic rings. The van der Waals surface area contributed by atoms with E-state index in [2.05, 4.69) is 0 Å². The van der Waals surface area contributed by atoms with E-state index in [0.29, 0.717) is 0 Å². The summed E-state index contributed by atoms with van der Waals surface area (Å²) in [4.78, 5) is 10.4. The van der Waals surface area contributed by atoms with Crippen molar-refractivity contribution in [2.24, 2.45) is 0 Å². The number of hydrogen-bond donors (Lipinski definition) is 3. The molecule has 0 aliphatic heterocycles. The van der Waals surface area contributed by atoms with Crippen LogP contribution in [0, 0.1) is 3.57 Å². The molecule has 0 radical (unpaired) electrons. The lowest BCUT2D eigenvalue weighted by Crippen LogP contribution is -1.97. The number of phenolic OH excluding ortho intramolecular Hbond substituents is 1. The van der Waals surface area contributed by atoms with Crippen LogP contribution in [0.4, 0.5) is 0 Å². The number of carbonyl (C=O) groups is 1. The Morgan fingerprint density at radius 3 is 2.42 bits per heavy atom. The zero-order valence-corrected chi connectivity index (χ0v) is 7.94. The molecule has 0 atom stereocenters. The van der Waals surface area contributed by atoms with Crippen molar-refractivity contribution >= 4 is 28.6 Å². The fourth-order valence-electron chi connectivity index (χ4n) is 0.726.